The molecule has 0 amide bonds. The Labute approximate surface area is 127 Å². The van der Waals surface area contributed by atoms with Gasteiger partial charge in [-0.25, -0.2) is 4.79 Å². The molecular formula is C14H19N3O5. The van der Waals surface area contributed by atoms with Crippen molar-refractivity contribution in [2.45, 2.75) is 20.8 Å². The highest BCUT2D eigenvalue weighted by molar-refractivity contribution is 6.18. The molecule has 0 atom stereocenters. The largest absolute Gasteiger partial charge is 0.480 e. The number of nitrogens with zero attached hydrogens (tertiary/aromatic N) is 2. The van der Waals surface area contributed by atoms with Crippen molar-refractivity contribution >= 4 is 18.0 Å². The average molecular weight is 309 g/mol. The van der Waals surface area contributed by atoms with E-state index in [9.17, 15) is 9.90 Å². The van der Waals surface area contributed by atoms with E-state index in [0.29, 0.717) is 5.76 Å². The molecule has 1 rings (SSSR count). The predicted molar refractivity (Wildman–Crippen MR) is 80.6 cm³/mol. The first-order valence-electron chi connectivity index (χ1n) is 6.66. The molecule has 0 aliphatic heterocycles. The number of aryl methyl sites for hydroxylation is 1. The molecule has 0 spiro atoms. The number of hydrogen-bond donors (Lipinski definition) is 2. The standard InChI is InChI=1S/C14H19N3O5/c1-4-20-13(18)11(14(19)21-5-2)12(15)17-16-8-10-7-6-9(3)22-10/h6-8,18H,4-5H2,1-3H3,(H2,15,17)/b13-11-,16-8-. The molecule has 0 saturated carbocycles. The van der Waals surface area contributed by atoms with Gasteiger partial charge >= 0.3 is 5.97 Å². The molecule has 1 aromatic rings. The average Bonchev–Trinajstić information content (AvgIpc) is 2.85. The number of rotatable bonds is 7. The SMILES string of the molecule is CCOC(=O)C(/C(N)=N/N=C\c1ccc(C)o1)=C(/O)OCC. The number of hydrogen-bond acceptors (Lipinski definition) is 7. The number of furan rings is 1. The van der Waals surface area contributed by atoms with E-state index in [-0.39, 0.29) is 24.6 Å². The third-order valence-electron chi connectivity index (χ3n) is 2.34. The zero-order valence-electron chi connectivity index (χ0n) is 12.7. The van der Waals surface area contributed by atoms with Crippen molar-refractivity contribution in [3.05, 3.63) is 35.2 Å². The number of esters is 1. The fourth-order valence-corrected chi connectivity index (χ4v) is 1.43. The topological polar surface area (TPSA) is 120 Å². The zero-order valence-corrected chi connectivity index (χ0v) is 12.7. The van der Waals surface area contributed by atoms with Crippen LogP contribution in [0.4, 0.5) is 0 Å². The molecule has 22 heavy (non-hydrogen) atoms. The summed E-state index contributed by atoms with van der Waals surface area (Å²) in [6, 6.07) is 3.46. The minimum absolute atomic E-state index is 0.115. The highest BCUT2D eigenvalue weighted by Crippen LogP contribution is 2.08. The van der Waals surface area contributed by atoms with Crippen molar-refractivity contribution in [3.63, 3.8) is 0 Å². The maximum Gasteiger partial charge on any atom is 0.349 e. The molecule has 1 aromatic heterocycles. The second-order valence-electron chi connectivity index (χ2n) is 4.01. The van der Waals surface area contributed by atoms with Gasteiger partial charge in [0.25, 0.3) is 5.95 Å². The van der Waals surface area contributed by atoms with Gasteiger partial charge in [0.15, 0.2) is 11.4 Å². The maximum absolute atomic E-state index is 11.8. The van der Waals surface area contributed by atoms with E-state index >= 15 is 0 Å². The van der Waals surface area contributed by atoms with Crippen LogP contribution < -0.4 is 5.73 Å². The van der Waals surface area contributed by atoms with Gasteiger partial charge in [0.05, 0.1) is 19.4 Å². The molecule has 8 nitrogen and oxygen atoms in total. The van der Waals surface area contributed by atoms with Crippen molar-refractivity contribution in [2.24, 2.45) is 15.9 Å². The highest BCUT2D eigenvalue weighted by Gasteiger charge is 2.22. The van der Waals surface area contributed by atoms with Gasteiger partial charge in [0, 0.05) is 0 Å². The van der Waals surface area contributed by atoms with Crippen LogP contribution in [0.5, 0.6) is 0 Å². The van der Waals surface area contributed by atoms with Gasteiger partial charge in [-0.1, -0.05) is 0 Å². The smallest absolute Gasteiger partial charge is 0.349 e. The minimum atomic E-state index is -0.848. The molecular weight excluding hydrogens is 290 g/mol. The molecule has 0 fully saturated rings. The van der Waals surface area contributed by atoms with Crippen LogP contribution in [0.1, 0.15) is 25.4 Å². The summed E-state index contributed by atoms with van der Waals surface area (Å²) >= 11 is 0. The van der Waals surface area contributed by atoms with Gasteiger partial charge in [-0.05, 0) is 32.9 Å². The molecule has 0 radical (unpaired) electrons. The Morgan fingerprint density at radius 1 is 1.36 bits per heavy atom. The first kappa shape index (κ1) is 17.3. The molecule has 0 aromatic carbocycles. The van der Waals surface area contributed by atoms with E-state index in [1.54, 1.807) is 32.9 Å². The number of amidine groups is 1. The van der Waals surface area contributed by atoms with Gasteiger partial charge < -0.3 is 24.7 Å². The van der Waals surface area contributed by atoms with Crippen LogP contribution in [-0.4, -0.2) is 36.3 Å². The number of aliphatic hydroxyl groups is 1. The fraction of sp³-hybridized carbons (Fsp3) is 0.357. The Balaban J connectivity index is 2.98. The molecule has 0 bridgehead atoms. The van der Waals surface area contributed by atoms with E-state index in [2.05, 4.69) is 10.2 Å². The van der Waals surface area contributed by atoms with Crippen LogP contribution >= 0.6 is 0 Å². The minimum Gasteiger partial charge on any atom is -0.480 e. The summed E-state index contributed by atoms with van der Waals surface area (Å²) in [5.41, 5.74) is 5.28. The number of ether oxygens (including phenoxy) is 2. The van der Waals surface area contributed by atoms with Crippen LogP contribution in [0.25, 0.3) is 0 Å². The summed E-state index contributed by atoms with van der Waals surface area (Å²) in [7, 11) is 0. The molecule has 0 aliphatic rings. The van der Waals surface area contributed by atoms with E-state index in [1.165, 1.54) is 6.21 Å². The van der Waals surface area contributed by atoms with Gasteiger partial charge in [-0.2, -0.15) is 5.10 Å². The lowest BCUT2D eigenvalue weighted by Gasteiger charge is -2.08. The normalized spacial score (nSPS) is 13.1. The third-order valence-corrected chi connectivity index (χ3v) is 2.34. The Hall–Kier alpha value is -2.77. The molecule has 1 heterocycles. The summed E-state index contributed by atoms with van der Waals surface area (Å²) in [5.74, 6) is -0.641. The van der Waals surface area contributed by atoms with Crippen molar-refractivity contribution < 1.29 is 23.8 Å². The molecule has 0 aliphatic carbocycles. The van der Waals surface area contributed by atoms with Crippen molar-refractivity contribution in [3.8, 4) is 0 Å². The molecule has 0 unspecified atom stereocenters. The van der Waals surface area contributed by atoms with Crippen LogP contribution in [0.15, 0.2) is 38.3 Å². The number of nitrogens with two attached hydrogens (primary N) is 1. The molecule has 120 valence electrons. The van der Waals surface area contributed by atoms with Crippen molar-refractivity contribution in [1.82, 2.24) is 0 Å². The van der Waals surface area contributed by atoms with Gasteiger partial charge in [0.1, 0.15) is 11.5 Å². The second-order valence-corrected chi connectivity index (χ2v) is 4.01. The zero-order chi connectivity index (χ0) is 16.5. The van der Waals surface area contributed by atoms with Crippen LogP contribution in [0.2, 0.25) is 0 Å². The lowest BCUT2D eigenvalue weighted by molar-refractivity contribution is -0.138. The molecule has 0 saturated heterocycles. The predicted octanol–water partition coefficient (Wildman–Crippen LogP) is 1.65. The summed E-state index contributed by atoms with van der Waals surface area (Å²) < 4.78 is 14.9. The Kier molecular flexibility index (Phi) is 6.68. The summed E-state index contributed by atoms with van der Waals surface area (Å²) in [4.78, 5) is 11.8. The van der Waals surface area contributed by atoms with E-state index in [4.69, 9.17) is 19.6 Å². The highest BCUT2D eigenvalue weighted by atomic mass is 16.6. The molecule has 3 N–H and O–H groups in total. The number of carbonyl (C=O) groups excluding carboxylic acids is 1. The van der Waals surface area contributed by atoms with Crippen molar-refractivity contribution in [1.29, 1.82) is 0 Å². The number of aliphatic hydroxyl groups excluding tert-OH is 1. The molecule has 8 heteroatoms. The Morgan fingerprint density at radius 2 is 2.05 bits per heavy atom. The van der Waals surface area contributed by atoms with Crippen molar-refractivity contribution in [2.75, 3.05) is 13.2 Å². The first-order valence-corrected chi connectivity index (χ1v) is 6.66. The van der Waals surface area contributed by atoms with E-state index in [0.717, 1.165) is 5.76 Å². The number of carbonyl (C=O) groups is 1. The van der Waals surface area contributed by atoms with E-state index in [1.807, 2.05) is 0 Å². The fourth-order valence-electron chi connectivity index (χ4n) is 1.43. The monoisotopic (exact) mass is 309 g/mol. The van der Waals surface area contributed by atoms with Crippen LogP contribution in [0, 0.1) is 6.92 Å². The Morgan fingerprint density at radius 3 is 2.59 bits per heavy atom. The van der Waals surface area contributed by atoms with Crippen LogP contribution in [-0.2, 0) is 14.3 Å². The lowest BCUT2D eigenvalue weighted by Crippen LogP contribution is -2.25. The third kappa shape index (κ3) is 4.97. The second kappa shape index (κ2) is 8.50. The van der Waals surface area contributed by atoms with Gasteiger partial charge in [-0.3, -0.25) is 0 Å². The maximum atomic E-state index is 11.8. The quantitative estimate of drug-likeness (QED) is 0.197. The lowest BCUT2D eigenvalue weighted by atomic mass is 10.2. The van der Waals surface area contributed by atoms with E-state index < -0.39 is 11.9 Å². The van der Waals surface area contributed by atoms with Crippen LogP contribution in [0.3, 0.4) is 0 Å². The summed E-state index contributed by atoms with van der Waals surface area (Å²) in [6.45, 7) is 5.32. The van der Waals surface area contributed by atoms with Gasteiger partial charge in [0.2, 0.25) is 0 Å². The van der Waals surface area contributed by atoms with Gasteiger partial charge in [-0.15, -0.1) is 5.10 Å². The first-order chi connectivity index (χ1) is 10.5. The Bertz CT molecular complexity index is 601. The summed E-state index contributed by atoms with van der Waals surface area (Å²) in [5, 5.41) is 17.1. The summed E-state index contributed by atoms with van der Waals surface area (Å²) in [6.07, 6.45) is 1.32.